The van der Waals surface area contributed by atoms with Gasteiger partial charge in [0.05, 0.1) is 12.7 Å². The molecular formula is C16H25N3O2. The summed E-state index contributed by atoms with van der Waals surface area (Å²) in [6.07, 6.45) is 6.61. The second-order valence-corrected chi connectivity index (χ2v) is 5.73. The van der Waals surface area contributed by atoms with Crippen LogP contribution >= 0.6 is 0 Å². The first-order valence-corrected chi connectivity index (χ1v) is 7.50. The molecule has 0 aromatic heterocycles. The lowest BCUT2D eigenvalue weighted by molar-refractivity contribution is 0.184. The third kappa shape index (κ3) is 3.88. The molecule has 0 amide bonds. The predicted molar refractivity (Wildman–Crippen MR) is 83.8 cm³/mol. The molecule has 0 unspecified atom stereocenters. The highest BCUT2D eigenvalue weighted by Gasteiger charge is 2.18. The number of ether oxygens (including phenoxy) is 1. The van der Waals surface area contributed by atoms with Gasteiger partial charge in [-0.1, -0.05) is 30.5 Å². The molecule has 1 aromatic rings. The van der Waals surface area contributed by atoms with Crippen LogP contribution in [0.5, 0.6) is 5.75 Å². The fourth-order valence-corrected chi connectivity index (χ4v) is 3.04. The lowest BCUT2D eigenvalue weighted by Crippen LogP contribution is -2.32. The second kappa shape index (κ2) is 7.31. The topological polar surface area (TPSA) is 71.1 Å². The van der Waals surface area contributed by atoms with Crippen molar-refractivity contribution in [3.63, 3.8) is 0 Å². The van der Waals surface area contributed by atoms with Crippen LogP contribution in [0.4, 0.5) is 0 Å². The summed E-state index contributed by atoms with van der Waals surface area (Å²) in [5.74, 6) is 0.707. The maximum absolute atomic E-state index is 8.79. The monoisotopic (exact) mass is 291 g/mol. The number of oxime groups is 1. The van der Waals surface area contributed by atoms with Crippen molar-refractivity contribution < 1.29 is 9.94 Å². The van der Waals surface area contributed by atoms with Gasteiger partial charge in [-0.3, -0.25) is 4.90 Å². The summed E-state index contributed by atoms with van der Waals surface area (Å²) in [7, 11) is 3.78. The third-order valence-corrected chi connectivity index (χ3v) is 4.28. The Morgan fingerprint density at radius 2 is 2.10 bits per heavy atom. The molecule has 1 fully saturated rings. The van der Waals surface area contributed by atoms with E-state index in [1.165, 1.54) is 37.7 Å². The minimum Gasteiger partial charge on any atom is -0.496 e. The number of nitrogens with two attached hydrogens (primary N) is 1. The van der Waals surface area contributed by atoms with E-state index in [9.17, 15) is 0 Å². The molecule has 0 spiro atoms. The maximum atomic E-state index is 8.79. The third-order valence-electron chi connectivity index (χ3n) is 4.28. The van der Waals surface area contributed by atoms with Gasteiger partial charge in [-0.25, -0.2) is 0 Å². The normalized spacial score (nSPS) is 17.2. The van der Waals surface area contributed by atoms with Gasteiger partial charge in [0.1, 0.15) is 5.75 Å². The Hall–Kier alpha value is -1.75. The fourth-order valence-electron chi connectivity index (χ4n) is 3.04. The number of hydrogen-bond acceptors (Lipinski definition) is 4. The SMILES string of the molecule is COc1cc(CN(C)C2CCCCC2)ccc1/C(N)=N/O. The molecule has 116 valence electrons. The van der Waals surface area contributed by atoms with Crippen LogP contribution in [0.25, 0.3) is 0 Å². The van der Waals surface area contributed by atoms with Gasteiger partial charge in [0.2, 0.25) is 0 Å². The van der Waals surface area contributed by atoms with Crippen LogP contribution in [0.1, 0.15) is 43.2 Å². The van der Waals surface area contributed by atoms with E-state index in [4.69, 9.17) is 15.7 Å². The average Bonchev–Trinajstić information content (AvgIpc) is 2.54. The van der Waals surface area contributed by atoms with E-state index in [1.807, 2.05) is 18.2 Å². The van der Waals surface area contributed by atoms with Crippen LogP contribution in [0.2, 0.25) is 0 Å². The number of benzene rings is 1. The Morgan fingerprint density at radius 1 is 1.38 bits per heavy atom. The van der Waals surface area contributed by atoms with E-state index in [-0.39, 0.29) is 5.84 Å². The van der Waals surface area contributed by atoms with Crippen molar-refractivity contribution in [1.82, 2.24) is 4.90 Å². The van der Waals surface area contributed by atoms with Gasteiger partial charge in [-0.2, -0.15) is 0 Å². The van der Waals surface area contributed by atoms with Crippen molar-refractivity contribution in [2.45, 2.75) is 44.7 Å². The molecule has 0 saturated heterocycles. The Bertz CT molecular complexity index is 496. The van der Waals surface area contributed by atoms with Crippen molar-refractivity contribution in [2.75, 3.05) is 14.2 Å². The van der Waals surface area contributed by atoms with Crippen molar-refractivity contribution in [3.05, 3.63) is 29.3 Å². The first-order chi connectivity index (χ1) is 10.2. The molecule has 5 heteroatoms. The smallest absolute Gasteiger partial charge is 0.173 e. The molecular weight excluding hydrogens is 266 g/mol. The Morgan fingerprint density at radius 3 is 2.71 bits per heavy atom. The lowest BCUT2D eigenvalue weighted by atomic mass is 9.94. The standard InChI is InChI=1S/C16H25N3O2/c1-19(13-6-4-3-5-7-13)11-12-8-9-14(16(17)18-20)15(10-12)21-2/h8-10,13,20H,3-7,11H2,1-2H3,(H2,17,18). The molecule has 2 rings (SSSR count). The molecule has 0 bridgehead atoms. The molecule has 1 saturated carbocycles. The second-order valence-electron chi connectivity index (χ2n) is 5.73. The Labute approximate surface area is 126 Å². The van der Waals surface area contributed by atoms with Crippen molar-refractivity contribution >= 4 is 5.84 Å². The number of rotatable bonds is 5. The van der Waals surface area contributed by atoms with E-state index in [0.717, 1.165) is 6.54 Å². The Balaban J connectivity index is 2.09. The highest BCUT2D eigenvalue weighted by Crippen LogP contribution is 2.25. The van der Waals surface area contributed by atoms with Gasteiger partial charge in [0, 0.05) is 12.6 Å². The van der Waals surface area contributed by atoms with E-state index < -0.39 is 0 Å². The molecule has 1 aliphatic carbocycles. The van der Waals surface area contributed by atoms with Gasteiger partial charge in [-0.15, -0.1) is 0 Å². The summed E-state index contributed by atoms with van der Waals surface area (Å²) in [6.45, 7) is 0.886. The minimum atomic E-state index is 0.0686. The maximum Gasteiger partial charge on any atom is 0.173 e. The zero-order chi connectivity index (χ0) is 15.2. The van der Waals surface area contributed by atoms with Crippen LogP contribution in [-0.4, -0.2) is 36.1 Å². The number of methoxy groups -OCH3 is 1. The number of nitrogens with zero attached hydrogens (tertiary/aromatic N) is 2. The summed E-state index contributed by atoms with van der Waals surface area (Å²) in [6, 6.07) is 6.49. The molecule has 0 atom stereocenters. The summed E-state index contributed by atoms with van der Waals surface area (Å²) in [5.41, 5.74) is 7.44. The van der Waals surface area contributed by atoms with Crippen molar-refractivity contribution in [1.29, 1.82) is 0 Å². The van der Waals surface area contributed by atoms with E-state index in [0.29, 0.717) is 17.4 Å². The fraction of sp³-hybridized carbons (Fsp3) is 0.562. The molecule has 0 heterocycles. The lowest BCUT2D eigenvalue weighted by Gasteiger charge is -2.31. The summed E-state index contributed by atoms with van der Waals surface area (Å²) in [5, 5.41) is 11.8. The van der Waals surface area contributed by atoms with Crippen LogP contribution in [0.15, 0.2) is 23.4 Å². The molecule has 5 nitrogen and oxygen atoms in total. The summed E-state index contributed by atoms with van der Waals surface area (Å²) >= 11 is 0. The zero-order valence-electron chi connectivity index (χ0n) is 12.9. The van der Waals surface area contributed by atoms with Crippen molar-refractivity contribution in [3.8, 4) is 5.75 Å². The van der Waals surface area contributed by atoms with Gasteiger partial charge in [0.15, 0.2) is 5.84 Å². The Kier molecular flexibility index (Phi) is 5.44. The number of hydrogen-bond donors (Lipinski definition) is 2. The average molecular weight is 291 g/mol. The van der Waals surface area contributed by atoms with E-state index in [2.05, 4.69) is 17.1 Å². The van der Waals surface area contributed by atoms with Crippen molar-refractivity contribution in [2.24, 2.45) is 10.9 Å². The summed E-state index contributed by atoms with van der Waals surface area (Å²) < 4.78 is 5.35. The van der Waals surface area contributed by atoms with Crippen LogP contribution in [0, 0.1) is 0 Å². The molecule has 1 aromatic carbocycles. The highest BCUT2D eigenvalue weighted by molar-refractivity contribution is 5.99. The van der Waals surface area contributed by atoms with E-state index in [1.54, 1.807) is 7.11 Å². The molecule has 1 aliphatic rings. The van der Waals surface area contributed by atoms with Gasteiger partial charge < -0.3 is 15.7 Å². The van der Waals surface area contributed by atoms with Gasteiger partial charge in [-0.05, 0) is 37.6 Å². The summed E-state index contributed by atoms with van der Waals surface area (Å²) in [4.78, 5) is 2.41. The van der Waals surface area contributed by atoms with Gasteiger partial charge in [0.25, 0.3) is 0 Å². The van der Waals surface area contributed by atoms with Gasteiger partial charge >= 0.3 is 0 Å². The largest absolute Gasteiger partial charge is 0.496 e. The predicted octanol–water partition coefficient (Wildman–Crippen LogP) is 2.55. The first kappa shape index (κ1) is 15.6. The molecule has 3 N–H and O–H groups in total. The van der Waals surface area contributed by atoms with E-state index >= 15 is 0 Å². The highest BCUT2D eigenvalue weighted by atomic mass is 16.5. The van der Waals surface area contributed by atoms with Crippen LogP contribution in [-0.2, 0) is 6.54 Å². The molecule has 21 heavy (non-hydrogen) atoms. The van der Waals surface area contributed by atoms with Crippen LogP contribution < -0.4 is 10.5 Å². The zero-order valence-corrected chi connectivity index (χ0v) is 12.9. The first-order valence-electron chi connectivity index (χ1n) is 7.50. The van der Waals surface area contributed by atoms with Crippen LogP contribution in [0.3, 0.4) is 0 Å². The number of amidine groups is 1. The molecule has 0 aliphatic heterocycles. The minimum absolute atomic E-state index is 0.0686. The quantitative estimate of drug-likeness (QED) is 0.378. The molecule has 0 radical (unpaired) electrons.